The fourth-order valence-corrected chi connectivity index (χ4v) is 2.35. The molecule has 0 aromatic heterocycles. The van der Waals surface area contributed by atoms with Gasteiger partial charge in [-0.05, 0) is 37.5 Å². The largest absolute Gasteiger partial charge is 0.399 e. The molecule has 0 bridgehead atoms. The Morgan fingerprint density at radius 1 is 1.05 bits per heavy atom. The van der Waals surface area contributed by atoms with Gasteiger partial charge in [0.2, 0.25) is 5.91 Å². The van der Waals surface area contributed by atoms with Crippen molar-refractivity contribution in [1.29, 1.82) is 0 Å². The Labute approximate surface area is 138 Å². The lowest BCUT2D eigenvalue weighted by Gasteiger charge is -2.27. The number of carbonyl (C=O) groups is 1. The number of anilines is 1. The van der Waals surface area contributed by atoms with Crippen molar-refractivity contribution in [3.63, 3.8) is 0 Å². The maximum absolute atomic E-state index is 12.2. The molecule has 2 rings (SSSR count). The molecule has 0 aliphatic rings. The third kappa shape index (κ3) is 4.78. The van der Waals surface area contributed by atoms with Crippen LogP contribution in [0.2, 0.25) is 0 Å². The number of para-hydroxylation sites is 1. The second-order valence-electron chi connectivity index (χ2n) is 5.74. The number of hydrogen-bond acceptors (Lipinski definition) is 2. The summed E-state index contributed by atoms with van der Waals surface area (Å²) in [7, 11) is 0. The molecule has 22 heavy (non-hydrogen) atoms. The molecule has 1 amide bonds. The lowest BCUT2D eigenvalue weighted by Crippen LogP contribution is -2.41. The van der Waals surface area contributed by atoms with Gasteiger partial charge in [-0.15, -0.1) is 12.4 Å². The first-order chi connectivity index (χ1) is 9.99. The maximum atomic E-state index is 12.2. The average Bonchev–Trinajstić information content (AvgIpc) is 2.47. The molecule has 0 spiro atoms. The summed E-state index contributed by atoms with van der Waals surface area (Å²) in [6.07, 6.45) is 1.09. The van der Waals surface area contributed by atoms with Crippen molar-refractivity contribution in [2.24, 2.45) is 0 Å². The van der Waals surface area contributed by atoms with Gasteiger partial charge in [0.15, 0.2) is 0 Å². The molecule has 2 aromatic carbocycles. The molecule has 0 aliphatic carbocycles. The Balaban J connectivity index is 0.00000242. The highest BCUT2D eigenvalue weighted by Gasteiger charge is 2.22. The molecular weight excluding hydrogens is 296 g/mol. The normalized spacial score (nSPS) is 10.6. The van der Waals surface area contributed by atoms with Gasteiger partial charge in [-0.3, -0.25) is 4.79 Å². The van der Waals surface area contributed by atoms with Gasteiger partial charge in [-0.25, -0.2) is 0 Å². The zero-order chi connectivity index (χ0) is 15.3. The van der Waals surface area contributed by atoms with Gasteiger partial charge in [-0.1, -0.05) is 48.5 Å². The number of aryl methyl sites for hydroxylation is 1. The minimum absolute atomic E-state index is 0. The smallest absolute Gasteiger partial charge is 0.221 e. The van der Waals surface area contributed by atoms with Crippen LogP contribution in [0.15, 0.2) is 54.6 Å². The number of hydrogen-bond donors (Lipinski definition) is 2. The van der Waals surface area contributed by atoms with E-state index in [1.165, 1.54) is 0 Å². The van der Waals surface area contributed by atoms with Crippen LogP contribution < -0.4 is 11.1 Å². The Morgan fingerprint density at radius 3 is 2.27 bits per heavy atom. The third-order valence-electron chi connectivity index (χ3n) is 3.62. The molecule has 0 heterocycles. The second-order valence-corrected chi connectivity index (χ2v) is 5.74. The molecule has 118 valence electrons. The molecule has 3 N–H and O–H groups in total. The number of amides is 1. The Kier molecular flexibility index (Phi) is 6.44. The fourth-order valence-electron chi connectivity index (χ4n) is 2.35. The van der Waals surface area contributed by atoms with E-state index in [1.54, 1.807) is 0 Å². The van der Waals surface area contributed by atoms with Gasteiger partial charge in [0.25, 0.3) is 0 Å². The van der Waals surface area contributed by atoms with Gasteiger partial charge in [0, 0.05) is 12.1 Å². The summed E-state index contributed by atoms with van der Waals surface area (Å²) in [6.45, 7) is 4.02. The molecule has 0 saturated carbocycles. The first kappa shape index (κ1) is 18.1. The summed E-state index contributed by atoms with van der Waals surface area (Å²) in [5.74, 6) is 0.0344. The molecular formula is C18H23ClN2O. The highest BCUT2D eigenvalue weighted by molar-refractivity contribution is 5.85. The van der Waals surface area contributed by atoms with Crippen molar-refractivity contribution in [1.82, 2.24) is 5.32 Å². The molecule has 0 aliphatic heterocycles. The van der Waals surface area contributed by atoms with Gasteiger partial charge in [-0.2, -0.15) is 0 Å². The quantitative estimate of drug-likeness (QED) is 0.826. The van der Waals surface area contributed by atoms with E-state index in [1.807, 2.05) is 68.4 Å². The molecule has 0 radical (unpaired) electrons. The van der Waals surface area contributed by atoms with Crippen LogP contribution >= 0.6 is 12.4 Å². The van der Waals surface area contributed by atoms with Crippen LogP contribution in [-0.2, 0) is 16.8 Å². The van der Waals surface area contributed by atoms with Crippen LogP contribution in [0.5, 0.6) is 0 Å². The lowest BCUT2D eigenvalue weighted by molar-refractivity contribution is -0.122. The van der Waals surface area contributed by atoms with Crippen LogP contribution in [-0.4, -0.2) is 5.91 Å². The first-order valence-electron chi connectivity index (χ1n) is 7.19. The van der Waals surface area contributed by atoms with Crippen molar-refractivity contribution in [2.45, 2.75) is 32.2 Å². The topological polar surface area (TPSA) is 55.1 Å². The molecule has 2 aromatic rings. The predicted octanol–water partition coefficient (Wildman–Crippen LogP) is 3.67. The Morgan fingerprint density at radius 2 is 1.64 bits per heavy atom. The summed E-state index contributed by atoms with van der Waals surface area (Å²) in [5.41, 5.74) is 8.38. The zero-order valence-electron chi connectivity index (χ0n) is 13.0. The molecule has 3 nitrogen and oxygen atoms in total. The molecule has 4 heteroatoms. The van der Waals surface area contributed by atoms with Crippen molar-refractivity contribution in [2.75, 3.05) is 5.73 Å². The predicted molar refractivity (Wildman–Crippen MR) is 94.0 cm³/mol. The minimum atomic E-state index is -0.374. The summed E-state index contributed by atoms with van der Waals surface area (Å²) in [4.78, 5) is 12.2. The van der Waals surface area contributed by atoms with Crippen LogP contribution in [0.25, 0.3) is 0 Å². The van der Waals surface area contributed by atoms with Crippen molar-refractivity contribution in [3.05, 3.63) is 65.7 Å². The van der Waals surface area contributed by atoms with E-state index in [2.05, 4.69) is 5.32 Å². The van der Waals surface area contributed by atoms with Gasteiger partial charge in [0.05, 0.1) is 5.54 Å². The van der Waals surface area contributed by atoms with Crippen LogP contribution in [0.4, 0.5) is 5.69 Å². The zero-order valence-corrected chi connectivity index (χ0v) is 13.8. The molecule has 0 fully saturated rings. The number of rotatable bonds is 5. The molecule has 0 unspecified atom stereocenters. The van der Waals surface area contributed by atoms with E-state index < -0.39 is 0 Å². The number of nitrogen functional groups attached to an aromatic ring is 1. The van der Waals surface area contributed by atoms with E-state index in [9.17, 15) is 4.79 Å². The van der Waals surface area contributed by atoms with Crippen molar-refractivity contribution < 1.29 is 4.79 Å². The number of benzene rings is 2. The summed E-state index contributed by atoms with van der Waals surface area (Å²) < 4.78 is 0. The number of nitrogens with two attached hydrogens (primary N) is 1. The van der Waals surface area contributed by atoms with Crippen LogP contribution in [0.1, 0.15) is 31.4 Å². The van der Waals surface area contributed by atoms with Crippen LogP contribution in [0.3, 0.4) is 0 Å². The minimum Gasteiger partial charge on any atom is -0.399 e. The Hall–Kier alpha value is -2.00. The lowest BCUT2D eigenvalue weighted by atomic mass is 9.94. The van der Waals surface area contributed by atoms with E-state index in [0.29, 0.717) is 12.8 Å². The number of nitrogens with one attached hydrogen (secondary N) is 1. The van der Waals surface area contributed by atoms with E-state index >= 15 is 0 Å². The third-order valence-corrected chi connectivity index (χ3v) is 3.62. The number of halogens is 1. The van der Waals surface area contributed by atoms with E-state index in [-0.39, 0.29) is 23.9 Å². The molecule has 0 saturated heterocycles. The van der Waals surface area contributed by atoms with Gasteiger partial charge in [0.1, 0.15) is 0 Å². The summed E-state index contributed by atoms with van der Waals surface area (Å²) >= 11 is 0. The SMILES string of the molecule is CC(C)(NC(=O)CCc1ccccc1N)c1ccccc1.Cl. The Bertz CT molecular complexity index is 611. The summed E-state index contributed by atoms with van der Waals surface area (Å²) in [5, 5.41) is 3.08. The summed E-state index contributed by atoms with van der Waals surface area (Å²) in [6, 6.07) is 17.6. The fraction of sp³-hybridized carbons (Fsp3) is 0.278. The van der Waals surface area contributed by atoms with Crippen molar-refractivity contribution in [3.8, 4) is 0 Å². The molecule has 0 atom stereocenters. The van der Waals surface area contributed by atoms with Crippen LogP contribution in [0, 0.1) is 0 Å². The highest BCUT2D eigenvalue weighted by atomic mass is 35.5. The van der Waals surface area contributed by atoms with E-state index in [0.717, 1.165) is 16.8 Å². The monoisotopic (exact) mass is 318 g/mol. The second kappa shape index (κ2) is 7.85. The first-order valence-corrected chi connectivity index (χ1v) is 7.19. The average molecular weight is 319 g/mol. The van der Waals surface area contributed by atoms with Crippen molar-refractivity contribution >= 4 is 24.0 Å². The standard InChI is InChI=1S/C18H22N2O.ClH/c1-18(2,15-9-4-3-5-10-15)20-17(21)13-12-14-8-6-7-11-16(14)19;/h3-11H,12-13,19H2,1-2H3,(H,20,21);1H. The maximum Gasteiger partial charge on any atom is 0.221 e. The number of carbonyl (C=O) groups excluding carboxylic acids is 1. The van der Waals surface area contributed by atoms with Gasteiger partial charge >= 0.3 is 0 Å². The van der Waals surface area contributed by atoms with Gasteiger partial charge < -0.3 is 11.1 Å². The van der Waals surface area contributed by atoms with E-state index in [4.69, 9.17) is 5.73 Å². The highest BCUT2D eigenvalue weighted by Crippen LogP contribution is 2.20.